The average molecular weight is 296 g/mol. The minimum Gasteiger partial charge on any atom is -0.326 e. The molecule has 2 rings (SSSR count). The molecule has 22 heavy (non-hydrogen) atoms. The molecule has 0 bridgehead atoms. The van der Waals surface area contributed by atoms with E-state index < -0.39 is 5.83 Å². The van der Waals surface area contributed by atoms with Crippen LogP contribution in [-0.4, -0.2) is 10.9 Å². The predicted octanol–water partition coefficient (Wildman–Crippen LogP) is 4.55. The summed E-state index contributed by atoms with van der Waals surface area (Å²) in [6.07, 6.45) is 8.25. The molecule has 3 nitrogen and oxygen atoms in total. The van der Waals surface area contributed by atoms with Crippen LogP contribution in [0.2, 0.25) is 0 Å². The Morgan fingerprint density at radius 1 is 1.36 bits per heavy atom. The fourth-order valence-corrected chi connectivity index (χ4v) is 2.12. The number of aromatic nitrogens is 1. The zero-order chi connectivity index (χ0) is 15.9. The first-order valence-electron chi connectivity index (χ1n) is 6.90. The number of nitrogens with one attached hydrogen (secondary N) is 1. The number of fused-ring (bicyclic) bond motifs is 1. The van der Waals surface area contributed by atoms with E-state index in [9.17, 15) is 9.18 Å². The quantitative estimate of drug-likeness (QED) is 0.822. The number of allylic oxidation sites excluding steroid dienone is 4. The second-order valence-corrected chi connectivity index (χ2v) is 4.83. The molecule has 0 atom stereocenters. The van der Waals surface area contributed by atoms with Gasteiger partial charge < -0.3 is 5.32 Å². The number of nitrogens with zero attached hydrogens (tertiary/aromatic N) is 1. The Hall–Kier alpha value is -2.75. The van der Waals surface area contributed by atoms with Gasteiger partial charge in [-0.25, -0.2) is 4.39 Å². The Balaban J connectivity index is 2.11. The third-order valence-corrected chi connectivity index (χ3v) is 3.01. The number of amides is 1. The SMILES string of the molecule is C=C(F)/C=C(\C=C/C)CC(=O)Nc1ccc2cnccc2c1. The van der Waals surface area contributed by atoms with Crippen molar-refractivity contribution < 1.29 is 9.18 Å². The van der Waals surface area contributed by atoms with E-state index >= 15 is 0 Å². The van der Waals surface area contributed by atoms with Crippen molar-refractivity contribution in [3.63, 3.8) is 0 Å². The van der Waals surface area contributed by atoms with Gasteiger partial charge in [-0.3, -0.25) is 9.78 Å². The summed E-state index contributed by atoms with van der Waals surface area (Å²) in [6.45, 7) is 5.00. The van der Waals surface area contributed by atoms with Crippen molar-refractivity contribution in [3.05, 3.63) is 72.9 Å². The molecule has 1 aromatic carbocycles. The number of anilines is 1. The van der Waals surface area contributed by atoms with E-state index in [2.05, 4.69) is 16.9 Å². The molecule has 4 heteroatoms. The van der Waals surface area contributed by atoms with Crippen molar-refractivity contribution in [1.29, 1.82) is 0 Å². The Morgan fingerprint density at radius 3 is 2.91 bits per heavy atom. The van der Waals surface area contributed by atoms with Crippen LogP contribution in [0.4, 0.5) is 10.1 Å². The van der Waals surface area contributed by atoms with Crippen molar-refractivity contribution in [2.45, 2.75) is 13.3 Å². The smallest absolute Gasteiger partial charge is 0.228 e. The van der Waals surface area contributed by atoms with Crippen LogP contribution in [-0.2, 0) is 4.79 Å². The molecule has 0 aliphatic rings. The Bertz CT molecular complexity index is 763. The number of hydrogen-bond donors (Lipinski definition) is 1. The van der Waals surface area contributed by atoms with E-state index in [1.165, 1.54) is 6.08 Å². The summed E-state index contributed by atoms with van der Waals surface area (Å²) in [5, 5.41) is 4.81. The van der Waals surface area contributed by atoms with Crippen LogP contribution in [0.5, 0.6) is 0 Å². The second-order valence-electron chi connectivity index (χ2n) is 4.83. The van der Waals surface area contributed by atoms with E-state index in [0.717, 1.165) is 10.8 Å². The van der Waals surface area contributed by atoms with E-state index in [0.29, 0.717) is 11.3 Å². The molecule has 1 heterocycles. The standard InChI is InChI=1S/C18H17FN2O/c1-3-4-14(9-13(2)19)10-18(22)21-17-6-5-16-12-20-8-7-15(16)11-17/h3-9,11-12H,2,10H2,1H3,(H,21,22)/b4-3-,14-9+. The number of hydrogen-bond acceptors (Lipinski definition) is 2. The average Bonchev–Trinajstić information content (AvgIpc) is 2.46. The molecule has 0 fully saturated rings. The summed E-state index contributed by atoms with van der Waals surface area (Å²) in [5.74, 6) is -0.780. The van der Waals surface area contributed by atoms with Gasteiger partial charge in [0.25, 0.3) is 0 Å². The van der Waals surface area contributed by atoms with E-state index in [1.807, 2.05) is 31.2 Å². The summed E-state index contributed by atoms with van der Waals surface area (Å²) in [6, 6.07) is 7.46. The molecule has 1 N–H and O–H groups in total. The number of carbonyl (C=O) groups excluding carboxylic acids is 1. The highest BCUT2D eigenvalue weighted by molar-refractivity contribution is 5.95. The van der Waals surface area contributed by atoms with Gasteiger partial charge in [-0.15, -0.1) is 0 Å². The van der Waals surface area contributed by atoms with Crippen molar-refractivity contribution in [1.82, 2.24) is 4.98 Å². The highest BCUT2D eigenvalue weighted by Crippen LogP contribution is 2.19. The first kappa shape index (κ1) is 15.6. The molecular weight excluding hydrogens is 279 g/mol. The van der Waals surface area contributed by atoms with Crippen LogP contribution in [0.3, 0.4) is 0 Å². The predicted molar refractivity (Wildman–Crippen MR) is 88.1 cm³/mol. The molecule has 0 radical (unpaired) electrons. The van der Waals surface area contributed by atoms with Crippen LogP contribution in [0.25, 0.3) is 10.8 Å². The zero-order valence-electron chi connectivity index (χ0n) is 12.3. The summed E-state index contributed by atoms with van der Waals surface area (Å²) in [5.41, 5.74) is 1.26. The number of rotatable bonds is 5. The van der Waals surface area contributed by atoms with Gasteiger partial charge in [-0.05, 0) is 42.2 Å². The lowest BCUT2D eigenvalue weighted by Crippen LogP contribution is -2.11. The first-order chi connectivity index (χ1) is 10.6. The largest absolute Gasteiger partial charge is 0.326 e. The molecule has 0 saturated carbocycles. The third-order valence-electron chi connectivity index (χ3n) is 3.01. The zero-order valence-corrected chi connectivity index (χ0v) is 12.3. The topological polar surface area (TPSA) is 42.0 Å². The minimum atomic E-state index is -0.570. The molecule has 2 aromatic rings. The van der Waals surface area contributed by atoms with Gasteiger partial charge in [0, 0.05) is 23.5 Å². The first-order valence-corrected chi connectivity index (χ1v) is 6.90. The van der Waals surface area contributed by atoms with Crippen molar-refractivity contribution >= 4 is 22.4 Å². The Morgan fingerprint density at radius 2 is 2.18 bits per heavy atom. The lowest BCUT2D eigenvalue weighted by Gasteiger charge is -2.07. The normalized spacial score (nSPS) is 11.8. The molecule has 1 aromatic heterocycles. The highest BCUT2D eigenvalue weighted by atomic mass is 19.1. The lowest BCUT2D eigenvalue weighted by atomic mass is 10.1. The van der Waals surface area contributed by atoms with E-state index in [-0.39, 0.29) is 12.3 Å². The summed E-state index contributed by atoms with van der Waals surface area (Å²) in [7, 11) is 0. The molecular formula is C18H17FN2O. The highest BCUT2D eigenvalue weighted by Gasteiger charge is 2.06. The number of halogens is 1. The third kappa shape index (κ3) is 4.38. The van der Waals surface area contributed by atoms with E-state index in [1.54, 1.807) is 24.5 Å². The van der Waals surface area contributed by atoms with Gasteiger partial charge >= 0.3 is 0 Å². The summed E-state index contributed by atoms with van der Waals surface area (Å²) in [4.78, 5) is 16.1. The summed E-state index contributed by atoms with van der Waals surface area (Å²) < 4.78 is 12.9. The number of carbonyl (C=O) groups is 1. The number of pyridine rings is 1. The fraction of sp³-hybridized carbons (Fsp3) is 0.111. The molecule has 0 aliphatic carbocycles. The Kier molecular flexibility index (Phi) is 5.20. The molecule has 0 saturated heterocycles. The van der Waals surface area contributed by atoms with Crippen molar-refractivity contribution in [3.8, 4) is 0 Å². The van der Waals surface area contributed by atoms with Crippen molar-refractivity contribution in [2.24, 2.45) is 0 Å². The van der Waals surface area contributed by atoms with Gasteiger partial charge in [0.05, 0.1) is 6.42 Å². The maximum Gasteiger partial charge on any atom is 0.228 e. The minimum absolute atomic E-state index is 0.0850. The van der Waals surface area contributed by atoms with E-state index in [4.69, 9.17) is 0 Å². The fourth-order valence-electron chi connectivity index (χ4n) is 2.12. The van der Waals surface area contributed by atoms with Crippen LogP contribution in [0.15, 0.2) is 72.9 Å². The summed E-state index contributed by atoms with van der Waals surface area (Å²) >= 11 is 0. The second kappa shape index (κ2) is 7.31. The van der Waals surface area contributed by atoms with Gasteiger partial charge in [-0.1, -0.05) is 24.8 Å². The monoisotopic (exact) mass is 296 g/mol. The molecule has 0 spiro atoms. The van der Waals surface area contributed by atoms with Gasteiger partial charge in [0.2, 0.25) is 5.91 Å². The molecule has 0 aliphatic heterocycles. The molecule has 1 amide bonds. The van der Waals surface area contributed by atoms with Crippen LogP contribution in [0.1, 0.15) is 13.3 Å². The van der Waals surface area contributed by atoms with Gasteiger partial charge in [0.15, 0.2) is 0 Å². The van der Waals surface area contributed by atoms with Gasteiger partial charge in [-0.2, -0.15) is 0 Å². The van der Waals surface area contributed by atoms with Crippen LogP contribution >= 0.6 is 0 Å². The van der Waals surface area contributed by atoms with Crippen molar-refractivity contribution in [2.75, 3.05) is 5.32 Å². The maximum atomic E-state index is 12.9. The van der Waals surface area contributed by atoms with Crippen LogP contribution in [0, 0.1) is 0 Å². The Labute approximate surface area is 128 Å². The molecule has 112 valence electrons. The number of benzene rings is 1. The van der Waals surface area contributed by atoms with Crippen LogP contribution < -0.4 is 5.32 Å². The maximum absolute atomic E-state index is 12.9. The molecule has 0 unspecified atom stereocenters. The lowest BCUT2D eigenvalue weighted by molar-refractivity contribution is -0.115. The van der Waals surface area contributed by atoms with Gasteiger partial charge in [0.1, 0.15) is 5.83 Å².